The van der Waals surface area contributed by atoms with Gasteiger partial charge in [-0.3, -0.25) is 0 Å². The molecule has 0 saturated carbocycles. The molecule has 5 nitrogen and oxygen atoms in total. The zero-order valence-electron chi connectivity index (χ0n) is 8.96. The fourth-order valence-corrected chi connectivity index (χ4v) is 2.78. The normalized spacial score (nSPS) is 11.7. The smallest absolute Gasteiger partial charge is 0.227 e. The second-order valence-corrected chi connectivity index (χ2v) is 6.23. The molecular formula is C10H10IN3O2S. The quantitative estimate of drug-likeness (QED) is 0.820. The van der Waals surface area contributed by atoms with Crippen LogP contribution in [-0.2, 0) is 10.0 Å². The summed E-state index contributed by atoms with van der Waals surface area (Å²) in [4.78, 5) is 0.0973. The van der Waals surface area contributed by atoms with Crippen molar-refractivity contribution >= 4 is 32.6 Å². The van der Waals surface area contributed by atoms with Crippen molar-refractivity contribution in [2.45, 2.75) is 11.8 Å². The van der Waals surface area contributed by atoms with Crippen molar-refractivity contribution in [1.29, 1.82) is 0 Å². The third-order valence-electron chi connectivity index (χ3n) is 2.20. The molecular weight excluding hydrogens is 353 g/mol. The van der Waals surface area contributed by atoms with E-state index in [4.69, 9.17) is 5.14 Å². The number of primary sulfonamides is 1. The number of benzene rings is 1. The Bertz CT molecular complexity index is 647. The van der Waals surface area contributed by atoms with Crippen LogP contribution in [0.25, 0.3) is 5.69 Å². The Kier molecular flexibility index (Phi) is 3.23. The fraction of sp³-hybridized carbons (Fsp3) is 0.100. The van der Waals surface area contributed by atoms with Crippen LogP contribution in [0.2, 0.25) is 0 Å². The molecule has 0 spiro atoms. The van der Waals surface area contributed by atoms with Gasteiger partial charge in [0.15, 0.2) is 0 Å². The average Bonchev–Trinajstić information content (AvgIpc) is 2.57. The van der Waals surface area contributed by atoms with Crippen molar-refractivity contribution in [3.63, 3.8) is 0 Å². The first-order valence-electron chi connectivity index (χ1n) is 4.73. The average molecular weight is 363 g/mol. The molecule has 0 atom stereocenters. The van der Waals surface area contributed by atoms with Crippen molar-refractivity contribution in [2.75, 3.05) is 0 Å². The van der Waals surface area contributed by atoms with Crippen LogP contribution >= 0.6 is 22.6 Å². The van der Waals surface area contributed by atoms with Crippen LogP contribution in [0.3, 0.4) is 0 Å². The number of hydrogen-bond acceptors (Lipinski definition) is 3. The number of nitrogens with two attached hydrogens (primary N) is 1. The van der Waals surface area contributed by atoms with Gasteiger partial charge in [-0.15, -0.1) is 0 Å². The molecule has 17 heavy (non-hydrogen) atoms. The van der Waals surface area contributed by atoms with Gasteiger partial charge >= 0.3 is 0 Å². The highest BCUT2D eigenvalue weighted by Gasteiger charge is 2.09. The number of aromatic nitrogens is 2. The standard InChI is InChI=1S/C10H10IN3O2S/c1-7-6-10(11)14(13-7)8-2-4-9(5-3-8)17(12,15)16/h2-6H,1H3,(H2,12,15,16). The van der Waals surface area contributed by atoms with E-state index < -0.39 is 10.0 Å². The highest BCUT2D eigenvalue weighted by molar-refractivity contribution is 14.1. The SMILES string of the molecule is Cc1cc(I)n(-c2ccc(S(N)(=O)=O)cc2)n1. The van der Waals surface area contributed by atoms with Gasteiger partial charge in [0, 0.05) is 0 Å². The lowest BCUT2D eigenvalue weighted by atomic mass is 10.3. The Morgan fingerprint density at radius 1 is 1.29 bits per heavy atom. The second-order valence-electron chi connectivity index (χ2n) is 3.56. The summed E-state index contributed by atoms with van der Waals surface area (Å²) in [5.74, 6) is 0. The number of sulfonamides is 1. The van der Waals surface area contributed by atoms with E-state index >= 15 is 0 Å². The Balaban J connectivity index is 2.46. The summed E-state index contributed by atoms with van der Waals surface area (Å²) in [7, 11) is -3.64. The number of hydrogen-bond donors (Lipinski definition) is 1. The third kappa shape index (κ3) is 2.67. The summed E-state index contributed by atoms with van der Waals surface area (Å²) >= 11 is 2.17. The molecule has 0 aliphatic rings. The Labute approximate surface area is 113 Å². The molecule has 0 amide bonds. The maximum absolute atomic E-state index is 11.1. The van der Waals surface area contributed by atoms with Gasteiger partial charge in [-0.1, -0.05) is 0 Å². The lowest BCUT2D eigenvalue weighted by Crippen LogP contribution is -2.12. The van der Waals surface area contributed by atoms with Crippen LogP contribution < -0.4 is 5.14 Å². The number of aryl methyl sites for hydroxylation is 1. The summed E-state index contributed by atoms with van der Waals surface area (Å²) in [5, 5.41) is 9.33. The van der Waals surface area contributed by atoms with Gasteiger partial charge in [0.2, 0.25) is 10.0 Å². The highest BCUT2D eigenvalue weighted by Crippen LogP contribution is 2.16. The zero-order chi connectivity index (χ0) is 12.6. The molecule has 0 radical (unpaired) electrons. The van der Waals surface area contributed by atoms with Crippen molar-refractivity contribution < 1.29 is 8.42 Å². The monoisotopic (exact) mass is 363 g/mol. The summed E-state index contributed by atoms with van der Waals surface area (Å²) in [5.41, 5.74) is 1.71. The van der Waals surface area contributed by atoms with Gasteiger partial charge in [-0.05, 0) is 59.8 Å². The van der Waals surface area contributed by atoms with Crippen LogP contribution in [0.4, 0.5) is 0 Å². The molecule has 0 unspecified atom stereocenters. The van der Waals surface area contributed by atoms with Crippen LogP contribution in [-0.4, -0.2) is 18.2 Å². The molecule has 0 fully saturated rings. The lowest BCUT2D eigenvalue weighted by molar-refractivity contribution is 0.598. The predicted octanol–water partition coefficient (Wildman–Crippen LogP) is 1.43. The maximum Gasteiger partial charge on any atom is 0.238 e. The molecule has 7 heteroatoms. The minimum atomic E-state index is -3.64. The van der Waals surface area contributed by atoms with E-state index in [1.165, 1.54) is 12.1 Å². The van der Waals surface area contributed by atoms with E-state index in [-0.39, 0.29) is 4.90 Å². The van der Waals surface area contributed by atoms with E-state index in [0.29, 0.717) is 0 Å². The van der Waals surface area contributed by atoms with Crippen LogP contribution in [0.5, 0.6) is 0 Å². The maximum atomic E-state index is 11.1. The highest BCUT2D eigenvalue weighted by atomic mass is 127. The Morgan fingerprint density at radius 2 is 1.88 bits per heavy atom. The van der Waals surface area contributed by atoms with E-state index in [1.807, 2.05) is 13.0 Å². The lowest BCUT2D eigenvalue weighted by Gasteiger charge is -2.04. The molecule has 0 aliphatic carbocycles. The Morgan fingerprint density at radius 3 is 2.29 bits per heavy atom. The first kappa shape index (κ1) is 12.5. The van der Waals surface area contributed by atoms with Crippen LogP contribution in [0, 0.1) is 10.6 Å². The predicted molar refractivity (Wildman–Crippen MR) is 72.4 cm³/mol. The van der Waals surface area contributed by atoms with Gasteiger partial charge in [0.05, 0.1) is 16.3 Å². The van der Waals surface area contributed by atoms with Gasteiger partial charge in [0.25, 0.3) is 0 Å². The Hall–Kier alpha value is -0.930. The largest absolute Gasteiger partial charge is 0.238 e. The molecule has 2 aromatic rings. The van der Waals surface area contributed by atoms with Crippen molar-refractivity contribution in [3.05, 3.63) is 39.7 Å². The molecule has 1 heterocycles. The number of halogens is 1. The van der Waals surface area contributed by atoms with E-state index in [1.54, 1.807) is 16.8 Å². The van der Waals surface area contributed by atoms with E-state index in [2.05, 4.69) is 27.7 Å². The summed E-state index contributed by atoms with van der Waals surface area (Å²) < 4.78 is 24.9. The van der Waals surface area contributed by atoms with E-state index in [9.17, 15) is 8.42 Å². The van der Waals surface area contributed by atoms with E-state index in [0.717, 1.165) is 15.1 Å². The molecule has 90 valence electrons. The van der Waals surface area contributed by atoms with Crippen molar-refractivity contribution in [2.24, 2.45) is 5.14 Å². The first-order chi connectivity index (χ1) is 7.88. The van der Waals surface area contributed by atoms with Gasteiger partial charge in [0.1, 0.15) is 3.70 Å². The molecule has 1 aromatic heterocycles. The van der Waals surface area contributed by atoms with Crippen LogP contribution in [0.15, 0.2) is 35.2 Å². The summed E-state index contributed by atoms with van der Waals surface area (Å²) in [6, 6.07) is 8.23. The van der Waals surface area contributed by atoms with Gasteiger partial charge in [-0.25, -0.2) is 18.2 Å². The molecule has 2 rings (SSSR count). The van der Waals surface area contributed by atoms with Crippen LogP contribution in [0.1, 0.15) is 5.69 Å². The third-order valence-corrected chi connectivity index (χ3v) is 3.90. The minimum Gasteiger partial charge on any atom is -0.227 e. The molecule has 1 aromatic carbocycles. The van der Waals surface area contributed by atoms with Crippen molar-refractivity contribution in [3.8, 4) is 5.69 Å². The topological polar surface area (TPSA) is 78.0 Å². The molecule has 0 aliphatic heterocycles. The summed E-state index contributed by atoms with van der Waals surface area (Å²) in [6.45, 7) is 1.90. The molecule has 0 saturated heterocycles. The fourth-order valence-electron chi connectivity index (χ4n) is 1.43. The van der Waals surface area contributed by atoms with Gasteiger partial charge < -0.3 is 0 Å². The summed E-state index contributed by atoms with van der Waals surface area (Å²) in [6.07, 6.45) is 0. The van der Waals surface area contributed by atoms with Gasteiger partial charge in [-0.2, -0.15) is 5.10 Å². The number of nitrogens with zero attached hydrogens (tertiary/aromatic N) is 2. The minimum absolute atomic E-state index is 0.0973. The zero-order valence-corrected chi connectivity index (χ0v) is 11.9. The van der Waals surface area contributed by atoms with Crippen molar-refractivity contribution in [1.82, 2.24) is 9.78 Å². The molecule has 2 N–H and O–H groups in total. The number of rotatable bonds is 2. The first-order valence-corrected chi connectivity index (χ1v) is 7.36. The second kappa shape index (κ2) is 4.39. The molecule has 0 bridgehead atoms.